The van der Waals surface area contributed by atoms with Crippen LogP contribution in [-0.2, 0) is 13.0 Å². The molecule has 0 saturated carbocycles. The van der Waals surface area contributed by atoms with Crippen LogP contribution in [0, 0.1) is 11.6 Å². The number of aliphatic hydroxyl groups is 1. The number of pyridine rings is 2. The number of hydrogen-bond acceptors (Lipinski definition) is 8. The number of hydrogen-bond donors (Lipinski definition) is 2. The van der Waals surface area contributed by atoms with E-state index in [0.717, 1.165) is 24.9 Å². The maximum atomic E-state index is 14.6. The van der Waals surface area contributed by atoms with E-state index in [1.165, 1.54) is 13.2 Å². The van der Waals surface area contributed by atoms with Gasteiger partial charge in [-0.3, -0.25) is 9.97 Å². The largest absolute Gasteiger partial charge is 0.497 e. The summed E-state index contributed by atoms with van der Waals surface area (Å²) in [4.78, 5) is 10.4. The van der Waals surface area contributed by atoms with Crippen LogP contribution in [0.5, 0.6) is 17.2 Å². The summed E-state index contributed by atoms with van der Waals surface area (Å²) in [6.07, 6.45) is 3.23. The topological polar surface area (TPSA) is 89.0 Å². The molecule has 2 aliphatic heterocycles. The van der Waals surface area contributed by atoms with Gasteiger partial charge in [-0.1, -0.05) is 0 Å². The highest BCUT2D eigenvalue weighted by Gasteiger charge is 2.28. The van der Waals surface area contributed by atoms with Crippen molar-refractivity contribution in [2.45, 2.75) is 31.5 Å². The van der Waals surface area contributed by atoms with Gasteiger partial charge in [0.05, 0.1) is 31.3 Å². The van der Waals surface area contributed by atoms with E-state index in [1.807, 2.05) is 6.07 Å². The van der Waals surface area contributed by atoms with Crippen molar-refractivity contribution in [1.29, 1.82) is 0 Å². The van der Waals surface area contributed by atoms with Gasteiger partial charge in [-0.05, 0) is 25.5 Å². The molecule has 3 aromatic rings. The van der Waals surface area contributed by atoms with Crippen LogP contribution in [0.15, 0.2) is 30.6 Å². The molecule has 5 rings (SSSR count). The maximum absolute atomic E-state index is 14.6. The number of aliphatic hydroxyl groups excluding tert-OH is 1. The van der Waals surface area contributed by atoms with E-state index in [9.17, 15) is 13.9 Å². The molecule has 14 heteroatoms. The average Bonchev–Trinajstić information content (AvgIpc) is 2.87. The van der Waals surface area contributed by atoms with E-state index in [1.54, 1.807) is 12.3 Å². The lowest BCUT2D eigenvalue weighted by molar-refractivity contribution is 0.0402. The van der Waals surface area contributed by atoms with Crippen LogP contribution in [0.3, 0.4) is 0 Å². The molecule has 1 fully saturated rings. The summed E-state index contributed by atoms with van der Waals surface area (Å²) in [7, 11) is 1.44. The minimum atomic E-state index is -0.586. The second-order valence-electron chi connectivity index (χ2n) is 8.80. The van der Waals surface area contributed by atoms with Gasteiger partial charge in [0.15, 0.2) is 17.3 Å². The quantitative estimate of drug-likeness (QED) is 0.402. The van der Waals surface area contributed by atoms with Crippen LogP contribution in [0.1, 0.15) is 17.7 Å². The third kappa shape index (κ3) is 8.07. The zero-order valence-electron chi connectivity index (χ0n) is 21.1. The van der Waals surface area contributed by atoms with Crippen LogP contribution in [0.25, 0.3) is 10.9 Å². The third-order valence-electron chi connectivity index (χ3n) is 6.57. The zero-order chi connectivity index (χ0) is 24.4. The summed E-state index contributed by atoms with van der Waals surface area (Å²) < 4.78 is 45.2. The lowest BCUT2D eigenvalue weighted by atomic mass is 10.00. The van der Waals surface area contributed by atoms with Gasteiger partial charge in [-0.15, -0.1) is 49.6 Å². The maximum Gasteiger partial charge on any atom is 0.179 e. The number of piperidine rings is 1. The van der Waals surface area contributed by atoms with E-state index in [0.29, 0.717) is 67.5 Å². The number of likely N-dealkylation sites (tertiary alicyclic amines) is 1. The molecule has 1 saturated heterocycles. The highest BCUT2D eigenvalue weighted by Crippen LogP contribution is 2.30. The van der Waals surface area contributed by atoms with Gasteiger partial charge in [0.2, 0.25) is 0 Å². The Kier molecular flexibility index (Phi) is 14.2. The number of halogens is 6. The molecule has 2 aliphatic rings. The van der Waals surface area contributed by atoms with Gasteiger partial charge in [0.1, 0.15) is 30.3 Å². The fourth-order valence-electron chi connectivity index (χ4n) is 4.67. The Morgan fingerprint density at radius 2 is 1.77 bits per heavy atom. The summed E-state index contributed by atoms with van der Waals surface area (Å²) in [6, 6.07) is 4.62. The van der Waals surface area contributed by atoms with Gasteiger partial charge in [0, 0.05) is 48.8 Å². The molecular weight excluding hydrogens is 600 g/mol. The summed E-state index contributed by atoms with van der Waals surface area (Å²) in [5.41, 5.74) is 1.33. The Hall–Kier alpha value is -1.92. The molecular formula is C25H32Cl4F2N4O4. The van der Waals surface area contributed by atoms with Crippen molar-refractivity contribution in [3.05, 3.63) is 53.5 Å². The Labute approximate surface area is 250 Å². The number of β-amino-alcohol motifs (C(OH)–C–C–N with tert-alkyl or cyclic N) is 1. The van der Waals surface area contributed by atoms with Crippen LogP contribution in [-0.4, -0.2) is 72.1 Å². The van der Waals surface area contributed by atoms with Crippen molar-refractivity contribution in [2.24, 2.45) is 0 Å². The number of methoxy groups -OCH3 is 1. The van der Waals surface area contributed by atoms with Crippen molar-refractivity contribution >= 4 is 60.5 Å². The van der Waals surface area contributed by atoms with Gasteiger partial charge in [-0.2, -0.15) is 0 Å². The molecule has 218 valence electrons. The number of ether oxygens (including phenoxy) is 3. The fourth-order valence-corrected chi connectivity index (χ4v) is 4.67. The number of rotatable bonds is 7. The van der Waals surface area contributed by atoms with Crippen molar-refractivity contribution in [2.75, 3.05) is 40.0 Å². The second-order valence-corrected chi connectivity index (χ2v) is 8.80. The summed E-state index contributed by atoms with van der Waals surface area (Å²) in [6.45, 7) is 3.26. The molecule has 8 nitrogen and oxygen atoms in total. The molecule has 2 aromatic heterocycles. The molecule has 1 aromatic carbocycles. The summed E-state index contributed by atoms with van der Waals surface area (Å²) in [5, 5.41) is 14.5. The minimum absolute atomic E-state index is 0. The van der Waals surface area contributed by atoms with Crippen molar-refractivity contribution in [1.82, 2.24) is 20.2 Å². The first-order chi connectivity index (χ1) is 17.0. The Bertz CT molecular complexity index is 1230. The molecule has 2 N–H and O–H groups in total. The number of fused-ring (bicyclic) bond motifs is 2. The van der Waals surface area contributed by atoms with Crippen LogP contribution in [0.4, 0.5) is 8.78 Å². The molecule has 0 bridgehead atoms. The van der Waals surface area contributed by atoms with E-state index in [-0.39, 0.29) is 61.2 Å². The normalized spacial score (nSPS) is 18.2. The average molecular weight is 632 g/mol. The monoisotopic (exact) mass is 630 g/mol. The zero-order valence-corrected chi connectivity index (χ0v) is 24.4. The Morgan fingerprint density at radius 3 is 2.49 bits per heavy atom. The van der Waals surface area contributed by atoms with Crippen molar-refractivity contribution < 1.29 is 28.1 Å². The number of aromatic nitrogens is 2. The highest BCUT2D eigenvalue weighted by molar-refractivity contribution is 5.86. The number of nitrogens with zero attached hydrogens (tertiary/aromatic N) is 3. The lowest BCUT2D eigenvalue weighted by Gasteiger charge is -2.36. The first kappa shape index (κ1) is 35.1. The smallest absolute Gasteiger partial charge is 0.179 e. The second kappa shape index (κ2) is 15.8. The van der Waals surface area contributed by atoms with Crippen LogP contribution >= 0.6 is 49.6 Å². The Balaban J connectivity index is 0.00000190. The summed E-state index contributed by atoms with van der Waals surface area (Å²) in [5.74, 6) is 0.628. The van der Waals surface area contributed by atoms with Gasteiger partial charge < -0.3 is 29.5 Å². The van der Waals surface area contributed by atoms with E-state index in [2.05, 4.69) is 20.2 Å². The molecule has 4 heterocycles. The Morgan fingerprint density at radius 1 is 1.03 bits per heavy atom. The lowest BCUT2D eigenvalue weighted by Crippen LogP contribution is -2.52. The molecule has 39 heavy (non-hydrogen) atoms. The minimum Gasteiger partial charge on any atom is -0.497 e. The van der Waals surface area contributed by atoms with Gasteiger partial charge >= 0.3 is 0 Å². The molecule has 2 unspecified atom stereocenters. The number of nitrogens with one attached hydrogen (secondary N) is 1. The fraction of sp³-hybridized carbons (Fsp3) is 0.440. The van der Waals surface area contributed by atoms with E-state index >= 15 is 0 Å². The first-order valence-electron chi connectivity index (χ1n) is 11.7. The SMILES string of the molecule is COc1cc(F)c2ncc(F)c(CCN3CCC(NCc4cc5c(cn4)OCCO5)C(O)C3)c2c1.Cl.Cl.Cl.Cl. The van der Waals surface area contributed by atoms with Crippen molar-refractivity contribution in [3.63, 3.8) is 0 Å². The first-order valence-corrected chi connectivity index (χ1v) is 11.7. The van der Waals surface area contributed by atoms with Gasteiger partial charge in [-0.25, -0.2) is 8.78 Å². The third-order valence-corrected chi connectivity index (χ3v) is 6.57. The van der Waals surface area contributed by atoms with Gasteiger partial charge in [0.25, 0.3) is 0 Å². The molecule has 0 radical (unpaired) electrons. The van der Waals surface area contributed by atoms with E-state index < -0.39 is 17.7 Å². The summed E-state index contributed by atoms with van der Waals surface area (Å²) >= 11 is 0. The number of benzene rings is 1. The van der Waals surface area contributed by atoms with Crippen LogP contribution < -0.4 is 19.5 Å². The molecule has 0 amide bonds. The van der Waals surface area contributed by atoms with Crippen LogP contribution in [0.2, 0.25) is 0 Å². The van der Waals surface area contributed by atoms with E-state index in [4.69, 9.17) is 14.2 Å². The molecule has 2 atom stereocenters. The predicted octanol–water partition coefficient (Wildman–Crippen LogP) is 4.14. The highest BCUT2D eigenvalue weighted by atomic mass is 35.5. The predicted molar refractivity (Wildman–Crippen MR) is 154 cm³/mol. The molecule has 0 aliphatic carbocycles. The molecule has 0 spiro atoms. The van der Waals surface area contributed by atoms with Crippen molar-refractivity contribution in [3.8, 4) is 17.2 Å². The standard InChI is InChI=1S/C25H28F2N4O4.4ClH/c1-33-16-9-18-17(20(27)12-30-25(18)19(26)10-16)2-4-31-5-3-21(22(32)14-31)29-11-15-8-23-24(13-28-15)35-7-6-34-23;;;;/h8-10,12-13,21-22,29,32H,2-7,11,14H2,1H3;4*1H.